The fourth-order valence-electron chi connectivity index (χ4n) is 4.83. The fourth-order valence-corrected chi connectivity index (χ4v) is 4.83. The zero-order chi connectivity index (χ0) is 21.8. The third-order valence-electron chi connectivity index (χ3n) is 6.77. The molecule has 0 N–H and O–H groups in total. The third kappa shape index (κ3) is 5.86. The molecule has 2 saturated heterocycles. The Morgan fingerprint density at radius 2 is 1.94 bits per heavy atom. The maximum Gasteiger partial charge on any atom is 0.244 e. The summed E-state index contributed by atoms with van der Waals surface area (Å²) in [6.07, 6.45) is 4.96. The Morgan fingerprint density at radius 1 is 1.16 bits per heavy atom. The van der Waals surface area contributed by atoms with E-state index in [1.165, 1.54) is 0 Å². The van der Waals surface area contributed by atoms with Crippen molar-refractivity contribution in [3.8, 4) is 0 Å². The zero-order valence-electron chi connectivity index (χ0n) is 19.1. The maximum atomic E-state index is 13.1. The van der Waals surface area contributed by atoms with Crippen LogP contribution in [0.25, 0.3) is 0 Å². The monoisotopic (exact) mass is 431 g/mol. The first-order valence-electron chi connectivity index (χ1n) is 11.9. The lowest BCUT2D eigenvalue weighted by Gasteiger charge is -2.40. The van der Waals surface area contributed by atoms with Crippen LogP contribution in [-0.2, 0) is 20.9 Å². The summed E-state index contributed by atoms with van der Waals surface area (Å²) in [5.41, 5.74) is 1.94. The molecule has 1 atom stereocenters. The number of piperidine rings is 1. The molecule has 0 aromatic carbocycles. The second-order valence-corrected chi connectivity index (χ2v) is 9.33. The Hall–Kier alpha value is -1.93. The Kier molecular flexibility index (Phi) is 7.27. The number of aromatic nitrogens is 2. The molecule has 1 unspecified atom stereocenters. The highest BCUT2D eigenvalue weighted by Gasteiger charge is 2.38. The van der Waals surface area contributed by atoms with E-state index in [1.54, 1.807) is 4.68 Å². The molecule has 8 heteroatoms. The number of morpholine rings is 1. The lowest BCUT2D eigenvalue weighted by molar-refractivity contribution is -0.141. The first-order valence-corrected chi connectivity index (χ1v) is 11.9. The van der Waals surface area contributed by atoms with Gasteiger partial charge in [-0.2, -0.15) is 5.10 Å². The van der Waals surface area contributed by atoms with Crippen LogP contribution in [0.4, 0.5) is 0 Å². The molecule has 31 heavy (non-hydrogen) atoms. The molecule has 0 radical (unpaired) electrons. The molecule has 3 fully saturated rings. The molecule has 3 heterocycles. The van der Waals surface area contributed by atoms with Gasteiger partial charge < -0.3 is 14.5 Å². The first-order chi connectivity index (χ1) is 15.0. The van der Waals surface area contributed by atoms with Gasteiger partial charge in [0.15, 0.2) is 0 Å². The van der Waals surface area contributed by atoms with Gasteiger partial charge in [-0.25, -0.2) is 0 Å². The zero-order valence-corrected chi connectivity index (χ0v) is 19.1. The summed E-state index contributed by atoms with van der Waals surface area (Å²) in [7, 11) is 0. The highest BCUT2D eigenvalue weighted by atomic mass is 16.5. The van der Waals surface area contributed by atoms with Crippen molar-refractivity contribution < 1.29 is 14.3 Å². The Morgan fingerprint density at radius 3 is 2.61 bits per heavy atom. The molecule has 4 rings (SSSR count). The molecule has 1 aliphatic carbocycles. The Labute approximate surface area is 185 Å². The second-order valence-electron chi connectivity index (χ2n) is 9.33. The van der Waals surface area contributed by atoms with Crippen molar-refractivity contribution in [3.63, 3.8) is 0 Å². The number of ether oxygens (including phenoxy) is 1. The van der Waals surface area contributed by atoms with Gasteiger partial charge in [0.05, 0.1) is 18.9 Å². The molecule has 172 valence electrons. The summed E-state index contributed by atoms with van der Waals surface area (Å²) >= 11 is 0. The van der Waals surface area contributed by atoms with Gasteiger partial charge in [-0.15, -0.1) is 0 Å². The van der Waals surface area contributed by atoms with Crippen LogP contribution in [0.3, 0.4) is 0 Å². The van der Waals surface area contributed by atoms with Crippen molar-refractivity contribution >= 4 is 11.8 Å². The van der Waals surface area contributed by atoms with Gasteiger partial charge in [-0.1, -0.05) is 0 Å². The molecule has 0 bridgehead atoms. The van der Waals surface area contributed by atoms with Gasteiger partial charge in [0.1, 0.15) is 6.54 Å². The van der Waals surface area contributed by atoms with Crippen molar-refractivity contribution in [3.05, 3.63) is 17.5 Å². The third-order valence-corrected chi connectivity index (χ3v) is 6.77. The smallest absolute Gasteiger partial charge is 0.244 e. The number of likely N-dealkylation sites (tertiary alicyclic amines) is 1. The van der Waals surface area contributed by atoms with Crippen molar-refractivity contribution in [2.24, 2.45) is 5.92 Å². The molecule has 1 aromatic heterocycles. The maximum absolute atomic E-state index is 13.1. The highest BCUT2D eigenvalue weighted by molar-refractivity contribution is 5.81. The first kappa shape index (κ1) is 22.3. The van der Waals surface area contributed by atoms with E-state index in [0.29, 0.717) is 12.5 Å². The molecule has 1 aromatic rings. The number of hydrogen-bond acceptors (Lipinski definition) is 5. The average molecular weight is 432 g/mol. The van der Waals surface area contributed by atoms with Crippen molar-refractivity contribution in [1.29, 1.82) is 0 Å². The molecular weight excluding hydrogens is 394 g/mol. The van der Waals surface area contributed by atoms with Crippen molar-refractivity contribution in [2.75, 3.05) is 52.5 Å². The van der Waals surface area contributed by atoms with E-state index in [1.807, 2.05) is 24.8 Å². The summed E-state index contributed by atoms with van der Waals surface area (Å²) in [5.74, 6) is 0.618. The molecule has 8 nitrogen and oxygen atoms in total. The molecule has 2 aliphatic heterocycles. The van der Waals surface area contributed by atoms with Gasteiger partial charge in [0.2, 0.25) is 11.8 Å². The highest BCUT2D eigenvalue weighted by Crippen LogP contribution is 2.33. The lowest BCUT2D eigenvalue weighted by Crippen LogP contribution is -2.53. The van der Waals surface area contributed by atoms with Crippen LogP contribution in [0.15, 0.2) is 6.07 Å². The average Bonchev–Trinajstić information content (AvgIpc) is 3.57. The van der Waals surface area contributed by atoms with Gasteiger partial charge in [-0.3, -0.25) is 19.2 Å². The quantitative estimate of drug-likeness (QED) is 0.623. The van der Waals surface area contributed by atoms with Gasteiger partial charge in [0.25, 0.3) is 0 Å². The SMILES string of the molecule is Cc1cc(C)n(CC(=O)N2CCCC(N(CCCN3CCOCC3)C(=O)C3CC3)C2)n1. The van der Waals surface area contributed by atoms with Crippen LogP contribution in [0.1, 0.15) is 43.5 Å². The normalized spacial score (nSPS) is 22.5. The fraction of sp³-hybridized carbons (Fsp3) is 0.783. The molecule has 3 aliphatic rings. The van der Waals surface area contributed by atoms with Crippen LogP contribution < -0.4 is 0 Å². The predicted octanol–water partition coefficient (Wildman–Crippen LogP) is 1.45. The molecule has 1 saturated carbocycles. The summed E-state index contributed by atoms with van der Waals surface area (Å²) in [5, 5.41) is 4.43. The minimum absolute atomic E-state index is 0.100. The summed E-state index contributed by atoms with van der Waals surface area (Å²) in [6, 6.07) is 2.13. The number of aryl methyl sites for hydroxylation is 2. The minimum Gasteiger partial charge on any atom is -0.379 e. The second kappa shape index (κ2) is 10.1. The number of carbonyl (C=O) groups excluding carboxylic acids is 2. The minimum atomic E-state index is 0.100. The van der Waals surface area contributed by atoms with E-state index in [-0.39, 0.29) is 24.4 Å². The van der Waals surface area contributed by atoms with Gasteiger partial charge in [0, 0.05) is 56.9 Å². The Balaban J connectivity index is 1.34. The van der Waals surface area contributed by atoms with E-state index in [0.717, 1.165) is 89.4 Å². The van der Waals surface area contributed by atoms with E-state index in [4.69, 9.17) is 4.74 Å². The number of carbonyl (C=O) groups is 2. The summed E-state index contributed by atoms with van der Waals surface area (Å²) in [6.45, 7) is 11.0. The van der Waals surface area contributed by atoms with E-state index in [9.17, 15) is 9.59 Å². The van der Waals surface area contributed by atoms with Crippen molar-refractivity contribution in [1.82, 2.24) is 24.5 Å². The Bertz CT molecular complexity index is 769. The number of nitrogens with zero attached hydrogens (tertiary/aromatic N) is 5. The number of rotatable bonds is 8. The van der Waals surface area contributed by atoms with E-state index < -0.39 is 0 Å². The number of amides is 2. The van der Waals surface area contributed by atoms with Crippen LogP contribution in [0, 0.1) is 19.8 Å². The lowest BCUT2D eigenvalue weighted by atomic mass is 10.0. The largest absolute Gasteiger partial charge is 0.379 e. The van der Waals surface area contributed by atoms with Gasteiger partial charge >= 0.3 is 0 Å². The van der Waals surface area contributed by atoms with E-state index in [2.05, 4.69) is 14.9 Å². The van der Waals surface area contributed by atoms with Crippen LogP contribution >= 0.6 is 0 Å². The van der Waals surface area contributed by atoms with Crippen LogP contribution in [0.5, 0.6) is 0 Å². The standard InChI is InChI=1S/C23H37N5O3/c1-18-15-19(2)28(24-18)17-22(29)26-9-3-5-21(16-26)27(23(30)20-6-7-20)10-4-8-25-11-13-31-14-12-25/h15,20-21H,3-14,16-17H2,1-2H3. The van der Waals surface area contributed by atoms with Gasteiger partial charge in [-0.05, 0) is 52.0 Å². The molecule has 2 amide bonds. The predicted molar refractivity (Wildman–Crippen MR) is 118 cm³/mol. The molecule has 0 spiro atoms. The summed E-state index contributed by atoms with van der Waals surface area (Å²) in [4.78, 5) is 32.5. The summed E-state index contributed by atoms with van der Waals surface area (Å²) < 4.78 is 7.22. The molecular formula is C23H37N5O3. The van der Waals surface area contributed by atoms with E-state index >= 15 is 0 Å². The van der Waals surface area contributed by atoms with Crippen LogP contribution in [-0.4, -0.2) is 94.8 Å². The van der Waals surface area contributed by atoms with Crippen molar-refractivity contribution in [2.45, 2.75) is 58.5 Å². The van der Waals surface area contributed by atoms with Crippen LogP contribution in [0.2, 0.25) is 0 Å². The number of hydrogen-bond donors (Lipinski definition) is 0. The topological polar surface area (TPSA) is 70.9 Å².